The van der Waals surface area contributed by atoms with E-state index in [2.05, 4.69) is 5.32 Å². The van der Waals surface area contributed by atoms with Crippen LogP contribution in [0.5, 0.6) is 5.75 Å². The highest BCUT2D eigenvalue weighted by molar-refractivity contribution is 7.92. The van der Waals surface area contributed by atoms with E-state index in [1.54, 1.807) is 24.3 Å². The molecule has 144 valence electrons. The molecule has 1 aliphatic rings. The maximum absolute atomic E-state index is 13.0. The molecular formula is C18H18ClFN2O4S. The van der Waals surface area contributed by atoms with Gasteiger partial charge in [-0.3, -0.25) is 9.10 Å². The van der Waals surface area contributed by atoms with Crippen molar-refractivity contribution in [3.63, 3.8) is 0 Å². The Morgan fingerprint density at radius 2 is 2.00 bits per heavy atom. The Kier molecular flexibility index (Phi) is 5.57. The first-order valence-corrected chi connectivity index (χ1v) is 10.4. The number of rotatable bonds is 4. The monoisotopic (exact) mass is 412 g/mol. The van der Waals surface area contributed by atoms with Crippen LogP contribution in [-0.2, 0) is 21.4 Å². The van der Waals surface area contributed by atoms with Crippen molar-refractivity contribution in [3.05, 3.63) is 58.9 Å². The summed E-state index contributed by atoms with van der Waals surface area (Å²) in [5.74, 6) is -0.465. The van der Waals surface area contributed by atoms with Crippen LogP contribution in [-0.4, -0.2) is 33.2 Å². The molecule has 0 aliphatic carbocycles. The maximum atomic E-state index is 13.0. The summed E-state index contributed by atoms with van der Waals surface area (Å²) in [6.07, 6.45) is 0.401. The first kappa shape index (κ1) is 19.4. The van der Waals surface area contributed by atoms with Gasteiger partial charge in [0.15, 0.2) is 6.10 Å². The van der Waals surface area contributed by atoms with Crippen molar-refractivity contribution in [2.75, 3.05) is 17.1 Å². The second-order valence-electron chi connectivity index (χ2n) is 6.19. The highest BCUT2D eigenvalue weighted by Gasteiger charge is 2.31. The first-order valence-electron chi connectivity index (χ1n) is 8.20. The minimum Gasteiger partial charge on any atom is -0.478 e. The summed E-state index contributed by atoms with van der Waals surface area (Å²) < 4.78 is 44.2. The minimum atomic E-state index is -3.56. The molecule has 0 aromatic heterocycles. The van der Waals surface area contributed by atoms with E-state index in [4.69, 9.17) is 16.3 Å². The predicted molar refractivity (Wildman–Crippen MR) is 101 cm³/mol. The largest absolute Gasteiger partial charge is 0.478 e. The van der Waals surface area contributed by atoms with Gasteiger partial charge in [-0.15, -0.1) is 0 Å². The van der Waals surface area contributed by atoms with Crippen LogP contribution in [0.1, 0.15) is 12.0 Å². The summed E-state index contributed by atoms with van der Waals surface area (Å²) in [6, 6.07) is 10.4. The van der Waals surface area contributed by atoms with Crippen molar-refractivity contribution in [2.24, 2.45) is 0 Å². The number of hydrogen-bond donors (Lipinski definition) is 1. The van der Waals surface area contributed by atoms with E-state index in [1.807, 2.05) is 0 Å². The molecule has 0 saturated heterocycles. The van der Waals surface area contributed by atoms with Gasteiger partial charge in [0.2, 0.25) is 10.0 Å². The molecule has 27 heavy (non-hydrogen) atoms. The van der Waals surface area contributed by atoms with Crippen LogP contribution in [0.25, 0.3) is 0 Å². The number of anilines is 1. The number of sulfonamides is 1. The molecule has 0 bridgehead atoms. The molecule has 1 N–H and O–H groups in total. The van der Waals surface area contributed by atoms with E-state index in [-0.39, 0.29) is 37.0 Å². The third-order valence-electron chi connectivity index (χ3n) is 4.13. The molecule has 1 atom stereocenters. The molecule has 0 saturated carbocycles. The van der Waals surface area contributed by atoms with Crippen molar-refractivity contribution in [3.8, 4) is 5.75 Å². The Morgan fingerprint density at radius 1 is 1.30 bits per heavy atom. The van der Waals surface area contributed by atoms with Gasteiger partial charge < -0.3 is 10.1 Å². The summed E-state index contributed by atoms with van der Waals surface area (Å²) in [5, 5.41) is 3.10. The zero-order valence-corrected chi connectivity index (χ0v) is 16.1. The Labute approximate surface area is 161 Å². The number of nitrogens with zero attached hydrogens (tertiary/aromatic N) is 1. The van der Waals surface area contributed by atoms with Crippen molar-refractivity contribution in [1.29, 1.82) is 0 Å². The van der Waals surface area contributed by atoms with Crippen LogP contribution >= 0.6 is 11.6 Å². The zero-order valence-electron chi connectivity index (χ0n) is 14.5. The van der Waals surface area contributed by atoms with Gasteiger partial charge in [0.25, 0.3) is 5.91 Å². The van der Waals surface area contributed by atoms with Crippen LogP contribution in [0.4, 0.5) is 10.1 Å². The average Bonchev–Trinajstić information content (AvgIpc) is 2.80. The summed E-state index contributed by atoms with van der Waals surface area (Å²) >= 11 is 5.99. The topological polar surface area (TPSA) is 75.7 Å². The van der Waals surface area contributed by atoms with Crippen molar-refractivity contribution < 1.29 is 22.3 Å². The fraction of sp³-hybridized carbons (Fsp3) is 0.278. The van der Waals surface area contributed by atoms with E-state index < -0.39 is 16.1 Å². The summed E-state index contributed by atoms with van der Waals surface area (Å²) in [4.78, 5) is 12.5. The number of nitrogens with one attached hydrogen (secondary N) is 1. The van der Waals surface area contributed by atoms with E-state index in [0.29, 0.717) is 10.7 Å². The number of ether oxygens (including phenoxy) is 1. The molecule has 9 heteroatoms. The second-order valence-corrected chi connectivity index (χ2v) is 8.53. The lowest BCUT2D eigenvalue weighted by Crippen LogP contribution is -2.39. The number of hydrogen-bond acceptors (Lipinski definition) is 4. The molecule has 2 aromatic rings. The van der Waals surface area contributed by atoms with Crippen molar-refractivity contribution in [1.82, 2.24) is 5.32 Å². The molecule has 1 aliphatic heterocycles. The van der Waals surface area contributed by atoms with Crippen molar-refractivity contribution in [2.45, 2.75) is 19.1 Å². The third-order valence-corrected chi connectivity index (χ3v) is 5.54. The Morgan fingerprint density at radius 3 is 2.67 bits per heavy atom. The van der Waals surface area contributed by atoms with Gasteiger partial charge >= 0.3 is 0 Å². The van der Waals surface area contributed by atoms with Gasteiger partial charge in [-0.25, -0.2) is 12.8 Å². The van der Waals surface area contributed by atoms with E-state index in [1.165, 1.54) is 22.5 Å². The average molecular weight is 413 g/mol. The van der Waals surface area contributed by atoms with Gasteiger partial charge in [-0.2, -0.15) is 0 Å². The van der Waals surface area contributed by atoms with Crippen LogP contribution in [0, 0.1) is 5.82 Å². The first-order chi connectivity index (χ1) is 12.7. The molecule has 3 rings (SSSR count). The molecule has 0 fully saturated rings. The van der Waals surface area contributed by atoms with Crippen LogP contribution in [0.3, 0.4) is 0 Å². The number of carbonyl (C=O) groups is 1. The van der Waals surface area contributed by atoms with Gasteiger partial charge in [0, 0.05) is 24.5 Å². The lowest BCUT2D eigenvalue weighted by atomic mass is 10.2. The molecule has 1 amide bonds. The predicted octanol–water partition coefficient (Wildman–Crippen LogP) is 2.71. The third kappa shape index (κ3) is 4.70. The van der Waals surface area contributed by atoms with Crippen LogP contribution in [0.15, 0.2) is 42.5 Å². The molecule has 1 heterocycles. The standard InChI is InChI=1S/C18H18ClFN2O4S/c1-27(24,25)22-9-8-17(26-16-7-4-13(19)10-15(16)22)18(23)21-11-12-2-5-14(20)6-3-12/h2-7,10,17H,8-9,11H2,1H3,(H,21,23)/t17-/m1/s1. The molecular weight excluding hydrogens is 395 g/mol. The number of carbonyl (C=O) groups excluding carboxylic acids is 1. The smallest absolute Gasteiger partial charge is 0.261 e. The minimum absolute atomic E-state index is 0.0841. The highest BCUT2D eigenvalue weighted by Crippen LogP contribution is 2.36. The van der Waals surface area contributed by atoms with Crippen LogP contribution in [0.2, 0.25) is 5.02 Å². The molecule has 2 aromatic carbocycles. The quantitative estimate of drug-likeness (QED) is 0.837. The maximum Gasteiger partial charge on any atom is 0.261 e. The van der Waals surface area contributed by atoms with Crippen molar-refractivity contribution >= 4 is 33.2 Å². The van der Waals surface area contributed by atoms with Gasteiger partial charge in [0.1, 0.15) is 11.6 Å². The zero-order chi connectivity index (χ0) is 19.6. The van der Waals surface area contributed by atoms with Crippen LogP contribution < -0.4 is 14.4 Å². The lowest BCUT2D eigenvalue weighted by molar-refractivity contribution is -0.128. The Bertz CT molecular complexity index is 950. The normalized spacial score (nSPS) is 16.9. The fourth-order valence-electron chi connectivity index (χ4n) is 2.79. The summed E-state index contributed by atoms with van der Waals surface area (Å²) in [6.45, 7) is 0.295. The number of benzene rings is 2. The summed E-state index contributed by atoms with van der Waals surface area (Å²) in [5.41, 5.74) is 1.04. The van der Waals surface area contributed by atoms with Gasteiger partial charge in [0.05, 0.1) is 11.9 Å². The van der Waals surface area contributed by atoms with E-state index in [0.717, 1.165) is 11.8 Å². The molecule has 6 nitrogen and oxygen atoms in total. The number of fused-ring (bicyclic) bond motifs is 1. The Balaban J connectivity index is 1.77. The molecule has 0 spiro atoms. The fourth-order valence-corrected chi connectivity index (χ4v) is 3.89. The highest BCUT2D eigenvalue weighted by atomic mass is 35.5. The van der Waals surface area contributed by atoms with E-state index >= 15 is 0 Å². The molecule has 0 radical (unpaired) electrons. The van der Waals surface area contributed by atoms with Gasteiger partial charge in [-0.1, -0.05) is 23.7 Å². The van der Waals surface area contributed by atoms with E-state index in [9.17, 15) is 17.6 Å². The Hall–Kier alpha value is -2.32. The summed E-state index contributed by atoms with van der Waals surface area (Å²) in [7, 11) is -3.56. The second kappa shape index (κ2) is 7.74. The number of halogens is 2. The molecule has 0 unspecified atom stereocenters. The SMILES string of the molecule is CS(=O)(=O)N1CC[C@H](C(=O)NCc2ccc(F)cc2)Oc2ccc(Cl)cc21. The number of amides is 1. The van der Waals surface area contributed by atoms with Gasteiger partial charge in [-0.05, 0) is 35.9 Å². The lowest BCUT2D eigenvalue weighted by Gasteiger charge is -2.21.